The Bertz CT molecular complexity index is 529. The van der Waals surface area contributed by atoms with Crippen molar-refractivity contribution in [1.82, 2.24) is 9.80 Å². The van der Waals surface area contributed by atoms with Gasteiger partial charge in [-0.25, -0.2) is 0 Å². The number of hydrogen-bond acceptors (Lipinski definition) is 3. The van der Waals surface area contributed by atoms with Crippen molar-refractivity contribution in [3.05, 3.63) is 30.3 Å². The molecule has 0 unspecified atom stereocenters. The summed E-state index contributed by atoms with van der Waals surface area (Å²) in [6, 6.07) is 9.47. The zero-order chi connectivity index (χ0) is 16.9. The Morgan fingerprint density at radius 1 is 1.04 bits per heavy atom. The first-order valence-corrected chi connectivity index (χ1v) is 8.18. The second-order valence-corrected chi connectivity index (χ2v) is 7.31. The van der Waals surface area contributed by atoms with Gasteiger partial charge in [-0.3, -0.25) is 14.5 Å². The number of nitrogens with zero attached hydrogens (tertiary/aromatic N) is 2. The van der Waals surface area contributed by atoms with E-state index in [2.05, 4.69) is 31.0 Å². The van der Waals surface area contributed by atoms with Gasteiger partial charge in [-0.2, -0.15) is 0 Å². The van der Waals surface area contributed by atoms with Crippen LogP contribution in [0.25, 0.3) is 0 Å². The van der Waals surface area contributed by atoms with Gasteiger partial charge in [0.05, 0.1) is 6.54 Å². The average molecular weight is 317 g/mol. The summed E-state index contributed by atoms with van der Waals surface area (Å²) in [4.78, 5) is 28.3. The number of piperazine rings is 1. The molecule has 23 heavy (non-hydrogen) atoms. The first-order valence-electron chi connectivity index (χ1n) is 8.18. The molecule has 1 saturated heterocycles. The molecule has 1 fully saturated rings. The van der Waals surface area contributed by atoms with Crippen molar-refractivity contribution >= 4 is 17.5 Å². The smallest absolute Gasteiger partial charge is 0.238 e. The predicted molar refractivity (Wildman–Crippen MR) is 92.2 cm³/mol. The zero-order valence-corrected chi connectivity index (χ0v) is 14.3. The number of para-hydroxylation sites is 1. The number of hydrogen-bond donors (Lipinski definition) is 1. The van der Waals surface area contributed by atoms with Crippen LogP contribution in [-0.4, -0.2) is 54.3 Å². The average Bonchev–Trinajstić information content (AvgIpc) is 2.47. The van der Waals surface area contributed by atoms with Crippen LogP contribution in [0.2, 0.25) is 0 Å². The van der Waals surface area contributed by atoms with Crippen molar-refractivity contribution in [3.8, 4) is 0 Å². The number of nitrogens with one attached hydrogen (secondary N) is 1. The van der Waals surface area contributed by atoms with Crippen molar-refractivity contribution in [1.29, 1.82) is 0 Å². The summed E-state index contributed by atoms with van der Waals surface area (Å²) in [7, 11) is 0. The summed E-state index contributed by atoms with van der Waals surface area (Å²) in [5, 5.41) is 2.89. The van der Waals surface area contributed by atoms with E-state index in [-0.39, 0.29) is 17.2 Å². The summed E-state index contributed by atoms with van der Waals surface area (Å²) < 4.78 is 0. The lowest BCUT2D eigenvalue weighted by Gasteiger charge is -2.35. The molecule has 1 N–H and O–H groups in total. The van der Waals surface area contributed by atoms with E-state index in [1.807, 2.05) is 35.2 Å². The van der Waals surface area contributed by atoms with Gasteiger partial charge in [0.1, 0.15) is 0 Å². The fourth-order valence-electron chi connectivity index (χ4n) is 2.65. The number of rotatable bonds is 4. The van der Waals surface area contributed by atoms with Crippen LogP contribution in [0.3, 0.4) is 0 Å². The predicted octanol–water partition coefficient (Wildman–Crippen LogP) is 2.21. The minimum atomic E-state index is -0.00864. The number of anilines is 1. The van der Waals surface area contributed by atoms with Gasteiger partial charge in [0.15, 0.2) is 0 Å². The lowest BCUT2D eigenvalue weighted by Crippen LogP contribution is -2.50. The molecular weight excluding hydrogens is 290 g/mol. The Hall–Kier alpha value is -1.88. The first-order chi connectivity index (χ1) is 10.8. The number of carbonyl (C=O) groups is 2. The molecule has 0 atom stereocenters. The van der Waals surface area contributed by atoms with Crippen LogP contribution in [0.5, 0.6) is 0 Å². The molecular formula is C18H27N3O2. The van der Waals surface area contributed by atoms with Gasteiger partial charge >= 0.3 is 0 Å². The Morgan fingerprint density at radius 2 is 1.65 bits per heavy atom. The molecule has 0 saturated carbocycles. The highest BCUT2D eigenvalue weighted by atomic mass is 16.2. The summed E-state index contributed by atoms with van der Waals surface area (Å²) >= 11 is 0. The first kappa shape index (κ1) is 17.5. The monoisotopic (exact) mass is 317 g/mol. The fraction of sp³-hybridized carbons (Fsp3) is 0.556. The van der Waals surface area contributed by atoms with E-state index in [9.17, 15) is 9.59 Å². The fourth-order valence-corrected chi connectivity index (χ4v) is 2.65. The van der Waals surface area contributed by atoms with Crippen molar-refractivity contribution < 1.29 is 9.59 Å². The van der Waals surface area contributed by atoms with Crippen molar-refractivity contribution in [2.24, 2.45) is 5.41 Å². The van der Waals surface area contributed by atoms with E-state index in [0.29, 0.717) is 26.1 Å². The van der Waals surface area contributed by atoms with Crippen molar-refractivity contribution in [2.75, 3.05) is 38.0 Å². The Morgan fingerprint density at radius 3 is 2.22 bits per heavy atom. The van der Waals surface area contributed by atoms with Gasteiger partial charge in [-0.1, -0.05) is 39.0 Å². The molecule has 1 aliphatic rings. The molecule has 0 aliphatic carbocycles. The van der Waals surface area contributed by atoms with E-state index in [1.165, 1.54) is 0 Å². The summed E-state index contributed by atoms with van der Waals surface area (Å²) in [6.45, 7) is 9.51. The van der Waals surface area contributed by atoms with E-state index in [1.54, 1.807) is 0 Å². The van der Waals surface area contributed by atoms with Gasteiger partial charge in [0, 0.05) is 38.3 Å². The lowest BCUT2D eigenvalue weighted by atomic mass is 9.91. The highest BCUT2D eigenvalue weighted by Crippen LogP contribution is 2.20. The van der Waals surface area contributed by atoms with E-state index >= 15 is 0 Å². The maximum atomic E-state index is 12.2. The topological polar surface area (TPSA) is 52.7 Å². The number of amides is 2. The molecule has 0 aromatic heterocycles. The van der Waals surface area contributed by atoms with Gasteiger partial charge in [-0.05, 0) is 17.5 Å². The Kier molecular flexibility index (Phi) is 5.77. The second-order valence-electron chi connectivity index (χ2n) is 7.31. The molecule has 5 nitrogen and oxygen atoms in total. The lowest BCUT2D eigenvalue weighted by molar-refractivity contribution is -0.134. The maximum Gasteiger partial charge on any atom is 0.238 e. The van der Waals surface area contributed by atoms with Crippen LogP contribution in [0.4, 0.5) is 5.69 Å². The van der Waals surface area contributed by atoms with Crippen molar-refractivity contribution in [3.63, 3.8) is 0 Å². The van der Waals surface area contributed by atoms with Crippen LogP contribution < -0.4 is 5.32 Å². The molecule has 2 amide bonds. The molecule has 0 bridgehead atoms. The zero-order valence-electron chi connectivity index (χ0n) is 14.3. The highest BCUT2D eigenvalue weighted by molar-refractivity contribution is 5.92. The Labute approximate surface area is 138 Å². The van der Waals surface area contributed by atoms with E-state index in [4.69, 9.17) is 0 Å². The third kappa shape index (κ3) is 6.02. The standard InChI is InChI=1S/C18H27N3O2/c1-18(2,3)13-17(23)21-11-9-20(10-12-21)14-16(22)19-15-7-5-4-6-8-15/h4-8H,9-14H2,1-3H3,(H,19,22). The highest BCUT2D eigenvalue weighted by Gasteiger charge is 2.25. The van der Waals surface area contributed by atoms with Gasteiger partial charge < -0.3 is 10.2 Å². The molecule has 0 radical (unpaired) electrons. The molecule has 5 heteroatoms. The molecule has 126 valence electrons. The summed E-state index contributed by atoms with van der Waals surface area (Å²) in [5.41, 5.74) is 0.834. The minimum Gasteiger partial charge on any atom is -0.340 e. The molecule has 0 spiro atoms. The van der Waals surface area contributed by atoms with Gasteiger partial charge in [0.2, 0.25) is 11.8 Å². The molecule has 1 aliphatic heterocycles. The van der Waals surface area contributed by atoms with Crippen LogP contribution in [0.15, 0.2) is 30.3 Å². The Balaban J connectivity index is 1.74. The number of benzene rings is 1. The van der Waals surface area contributed by atoms with Gasteiger partial charge in [-0.15, -0.1) is 0 Å². The molecule has 1 aromatic rings. The van der Waals surface area contributed by atoms with Crippen molar-refractivity contribution in [2.45, 2.75) is 27.2 Å². The van der Waals surface area contributed by atoms with Crippen LogP contribution >= 0.6 is 0 Å². The number of carbonyl (C=O) groups excluding carboxylic acids is 2. The maximum absolute atomic E-state index is 12.2. The van der Waals surface area contributed by atoms with E-state index in [0.717, 1.165) is 18.8 Å². The minimum absolute atomic E-state index is 0.00864. The quantitative estimate of drug-likeness (QED) is 0.926. The van der Waals surface area contributed by atoms with Crippen LogP contribution in [0, 0.1) is 5.41 Å². The molecule has 2 rings (SSSR count). The SMILES string of the molecule is CC(C)(C)CC(=O)N1CCN(CC(=O)Nc2ccccc2)CC1. The second kappa shape index (κ2) is 7.59. The van der Waals surface area contributed by atoms with E-state index < -0.39 is 0 Å². The third-order valence-corrected chi connectivity index (χ3v) is 3.83. The summed E-state index contributed by atoms with van der Waals surface area (Å²) in [6.07, 6.45) is 0.571. The third-order valence-electron chi connectivity index (χ3n) is 3.83. The molecule has 1 aromatic carbocycles. The van der Waals surface area contributed by atoms with Crippen LogP contribution in [0.1, 0.15) is 27.2 Å². The summed E-state index contributed by atoms with van der Waals surface area (Å²) in [5.74, 6) is 0.205. The largest absolute Gasteiger partial charge is 0.340 e. The van der Waals surface area contributed by atoms with Crippen LogP contribution in [-0.2, 0) is 9.59 Å². The molecule has 1 heterocycles. The van der Waals surface area contributed by atoms with Gasteiger partial charge in [0.25, 0.3) is 0 Å². The normalized spacial score (nSPS) is 16.2.